The summed E-state index contributed by atoms with van der Waals surface area (Å²) in [5.41, 5.74) is 1.79. The van der Waals surface area contributed by atoms with Crippen LogP contribution in [0.25, 0.3) is 11.3 Å². The van der Waals surface area contributed by atoms with Crippen LogP contribution in [0.15, 0.2) is 22.7 Å². The normalized spacial score (nSPS) is 13.6. The molecule has 1 N–H and O–H groups in total. The summed E-state index contributed by atoms with van der Waals surface area (Å²) in [6.45, 7) is 0. The van der Waals surface area contributed by atoms with E-state index < -0.39 is 5.97 Å². The maximum absolute atomic E-state index is 14.2. The lowest BCUT2D eigenvalue weighted by Gasteiger charge is -2.04. The lowest BCUT2D eigenvalue weighted by molar-refractivity contribution is 0.0686. The quantitative estimate of drug-likeness (QED) is 0.886. The first kappa shape index (κ1) is 11.0. The van der Waals surface area contributed by atoms with Gasteiger partial charge >= 0.3 is 5.97 Å². The molecule has 2 aromatic rings. The summed E-state index contributed by atoms with van der Waals surface area (Å²) in [4.78, 5) is 10.7. The van der Waals surface area contributed by atoms with Crippen LogP contribution in [0.2, 0.25) is 0 Å². The molecule has 0 saturated carbocycles. The number of aromatic nitrogens is 1. The third-order valence-electron chi connectivity index (χ3n) is 3.21. The molecule has 1 aliphatic carbocycles. The Morgan fingerprint density at radius 3 is 2.94 bits per heavy atom. The minimum atomic E-state index is -1.19. The number of carboxylic acids is 1. The molecule has 0 amide bonds. The summed E-state index contributed by atoms with van der Waals surface area (Å²) < 4.78 is 19.1. The van der Waals surface area contributed by atoms with E-state index in [0.717, 1.165) is 24.8 Å². The van der Waals surface area contributed by atoms with Gasteiger partial charge in [-0.3, -0.25) is 0 Å². The van der Waals surface area contributed by atoms with Crippen molar-refractivity contribution in [1.29, 1.82) is 0 Å². The molecule has 1 aromatic heterocycles. The van der Waals surface area contributed by atoms with Crippen LogP contribution in [-0.4, -0.2) is 16.2 Å². The molecular weight excluding hydrogens is 237 g/mol. The van der Waals surface area contributed by atoms with Gasteiger partial charge in [0.1, 0.15) is 5.82 Å². The molecule has 18 heavy (non-hydrogen) atoms. The van der Waals surface area contributed by atoms with Crippen molar-refractivity contribution in [2.75, 3.05) is 0 Å². The summed E-state index contributed by atoms with van der Waals surface area (Å²) in [5, 5.41) is 12.1. The molecule has 0 fully saturated rings. The number of aromatic carboxylic acids is 1. The zero-order valence-electron chi connectivity index (χ0n) is 9.44. The number of nitrogens with zero attached hydrogens (tertiary/aromatic N) is 1. The highest BCUT2D eigenvalue weighted by Gasteiger charge is 2.21. The third-order valence-corrected chi connectivity index (χ3v) is 3.21. The summed E-state index contributed by atoms with van der Waals surface area (Å²) >= 11 is 0. The molecule has 1 aliphatic rings. The topological polar surface area (TPSA) is 63.3 Å². The van der Waals surface area contributed by atoms with Gasteiger partial charge in [0.05, 0.1) is 5.56 Å². The molecule has 0 unspecified atom stereocenters. The summed E-state index contributed by atoms with van der Waals surface area (Å²) in [6.07, 6.45) is 2.56. The van der Waals surface area contributed by atoms with Crippen molar-refractivity contribution in [3.8, 4) is 11.3 Å². The smallest absolute Gasteiger partial charge is 0.358 e. The van der Waals surface area contributed by atoms with Gasteiger partial charge in [0, 0.05) is 6.07 Å². The fourth-order valence-electron chi connectivity index (χ4n) is 2.31. The molecule has 1 heterocycles. The first-order valence-electron chi connectivity index (χ1n) is 5.67. The Hall–Kier alpha value is -2.17. The van der Waals surface area contributed by atoms with Crippen LogP contribution >= 0.6 is 0 Å². The highest BCUT2D eigenvalue weighted by Crippen LogP contribution is 2.32. The fraction of sp³-hybridized carbons (Fsp3) is 0.231. The molecule has 3 rings (SSSR count). The van der Waals surface area contributed by atoms with E-state index in [1.165, 1.54) is 6.07 Å². The molecule has 0 atom stereocenters. The number of benzene rings is 1. The van der Waals surface area contributed by atoms with E-state index in [9.17, 15) is 9.18 Å². The molecule has 0 aliphatic heterocycles. The van der Waals surface area contributed by atoms with Crippen molar-refractivity contribution in [2.45, 2.75) is 19.3 Å². The number of rotatable bonds is 2. The number of fused-ring (bicyclic) bond motifs is 1. The lowest BCUT2D eigenvalue weighted by Crippen LogP contribution is -1.95. The van der Waals surface area contributed by atoms with Crippen LogP contribution in [-0.2, 0) is 12.8 Å². The van der Waals surface area contributed by atoms with Crippen LogP contribution in [0.1, 0.15) is 28.0 Å². The van der Waals surface area contributed by atoms with Crippen molar-refractivity contribution in [3.63, 3.8) is 0 Å². The van der Waals surface area contributed by atoms with Crippen LogP contribution in [0.5, 0.6) is 0 Å². The largest absolute Gasteiger partial charge is 0.476 e. The third kappa shape index (κ3) is 1.59. The van der Waals surface area contributed by atoms with Crippen LogP contribution < -0.4 is 0 Å². The summed E-state index contributed by atoms with van der Waals surface area (Å²) in [6, 6.07) is 4.72. The average molecular weight is 247 g/mol. The lowest BCUT2D eigenvalue weighted by atomic mass is 10.0. The summed E-state index contributed by atoms with van der Waals surface area (Å²) in [5.74, 6) is -1.36. The highest BCUT2D eigenvalue weighted by molar-refractivity contribution is 5.86. The number of carbonyl (C=O) groups is 1. The van der Waals surface area contributed by atoms with Gasteiger partial charge in [-0.25, -0.2) is 9.18 Å². The molecule has 0 radical (unpaired) electrons. The first-order chi connectivity index (χ1) is 8.66. The standard InChI is InChI=1S/C13H10FNO3/c14-12-8-3-1-2-7(8)4-5-9(12)11-6-10(13(16)17)15-18-11/h4-6H,1-3H2,(H,16,17). The number of aryl methyl sites for hydroxylation is 1. The first-order valence-corrected chi connectivity index (χ1v) is 5.67. The van der Waals surface area contributed by atoms with Gasteiger partial charge in [0.15, 0.2) is 11.5 Å². The maximum Gasteiger partial charge on any atom is 0.358 e. The minimum absolute atomic E-state index is 0.152. The zero-order chi connectivity index (χ0) is 12.7. The van der Waals surface area contributed by atoms with Gasteiger partial charge in [-0.15, -0.1) is 0 Å². The average Bonchev–Trinajstić information content (AvgIpc) is 2.97. The molecule has 0 spiro atoms. The molecule has 0 bridgehead atoms. The monoisotopic (exact) mass is 247 g/mol. The van der Waals surface area contributed by atoms with Crippen molar-refractivity contribution < 1.29 is 18.8 Å². The van der Waals surface area contributed by atoms with Crippen molar-refractivity contribution in [2.24, 2.45) is 0 Å². The van der Waals surface area contributed by atoms with E-state index in [1.54, 1.807) is 6.07 Å². The SMILES string of the molecule is O=C(O)c1cc(-c2ccc3c(c2F)CCC3)on1. The molecule has 4 nitrogen and oxygen atoms in total. The van der Waals surface area contributed by atoms with Gasteiger partial charge in [0.25, 0.3) is 0 Å². The molecule has 5 heteroatoms. The van der Waals surface area contributed by atoms with Crippen molar-refractivity contribution in [3.05, 3.63) is 40.8 Å². The van der Waals surface area contributed by atoms with Gasteiger partial charge in [-0.2, -0.15) is 0 Å². The van der Waals surface area contributed by atoms with Gasteiger partial charge in [-0.05, 0) is 36.5 Å². The molecule has 1 aromatic carbocycles. The van der Waals surface area contributed by atoms with Crippen LogP contribution in [0, 0.1) is 5.82 Å². The molecule has 0 saturated heterocycles. The van der Waals surface area contributed by atoms with Crippen molar-refractivity contribution in [1.82, 2.24) is 5.16 Å². The number of carboxylic acid groups (broad SMARTS) is 1. The predicted octanol–water partition coefficient (Wildman–Crippen LogP) is 2.67. The Morgan fingerprint density at radius 2 is 2.22 bits per heavy atom. The summed E-state index contributed by atoms with van der Waals surface area (Å²) in [7, 11) is 0. The Bertz CT molecular complexity index is 633. The van der Waals surface area contributed by atoms with Gasteiger partial charge in [0.2, 0.25) is 0 Å². The van der Waals surface area contributed by atoms with E-state index in [-0.39, 0.29) is 22.8 Å². The Morgan fingerprint density at radius 1 is 1.39 bits per heavy atom. The fourth-order valence-corrected chi connectivity index (χ4v) is 2.31. The van der Waals surface area contributed by atoms with Crippen LogP contribution in [0.4, 0.5) is 4.39 Å². The number of halogens is 1. The second kappa shape index (κ2) is 3.94. The van der Waals surface area contributed by atoms with E-state index in [2.05, 4.69) is 5.16 Å². The van der Waals surface area contributed by atoms with E-state index in [0.29, 0.717) is 5.56 Å². The second-order valence-corrected chi connectivity index (χ2v) is 4.30. The van der Waals surface area contributed by atoms with Crippen LogP contribution in [0.3, 0.4) is 0 Å². The Labute approximate surface area is 102 Å². The van der Waals surface area contributed by atoms with E-state index in [1.807, 2.05) is 6.07 Å². The minimum Gasteiger partial charge on any atom is -0.476 e. The van der Waals surface area contributed by atoms with Gasteiger partial charge in [-0.1, -0.05) is 11.2 Å². The Balaban J connectivity index is 2.09. The zero-order valence-corrected chi connectivity index (χ0v) is 9.44. The molecule has 92 valence electrons. The van der Waals surface area contributed by atoms with E-state index >= 15 is 0 Å². The number of hydrogen-bond acceptors (Lipinski definition) is 3. The maximum atomic E-state index is 14.2. The van der Waals surface area contributed by atoms with E-state index in [4.69, 9.17) is 9.63 Å². The van der Waals surface area contributed by atoms with Gasteiger partial charge < -0.3 is 9.63 Å². The van der Waals surface area contributed by atoms with Crippen molar-refractivity contribution >= 4 is 5.97 Å². The number of hydrogen-bond donors (Lipinski definition) is 1. The Kier molecular flexibility index (Phi) is 2.40. The second-order valence-electron chi connectivity index (χ2n) is 4.30. The highest BCUT2D eigenvalue weighted by atomic mass is 19.1. The molecular formula is C13H10FNO3. The predicted molar refractivity (Wildman–Crippen MR) is 60.9 cm³/mol.